The summed E-state index contributed by atoms with van der Waals surface area (Å²) in [6.07, 6.45) is 3.72. The second kappa shape index (κ2) is 7.92. The van der Waals surface area contributed by atoms with Gasteiger partial charge in [-0.05, 0) is 18.6 Å². The molecule has 2 fully saturated rings. The van der Waals surface area contributed by atoms with Crippen molar-refractivity contribution in [1.29, 1.82) is 0 Å². The van der Waals surface area contributed by atoms with Crippen LogP contribution in [0.3, 0.4) is 0 Å². The lowest BCUT2D eigenvalue weighted by Gasteiger charge is -2.37. The molecule has 3 rings (SSSR count). The average Bonchev–Trinajstić information content (AvgIpc) is 2.59. The Morgan fingerprint density at radius 2 is 1.96 bits per heavy atom. The lowest BCUT2D eigenvalue weighted by Crippen LogP contribution is -2.49. The van der Waals surface area contributed by atoms with Gasteiger partial charge < -0.3 is 14.2 Å². The third-order valence-electron chi connectivity index (χ3n) is 4.44. The molecule has 24 heavy (non-hydrogen) atoms. The smallest absolute Gasteiger partial charge is 0.317 e. The van der Waals surface area contributed by atoms with E-state index in [4.69, 9.17) is 14.2 Å². The summed E-state index contributed by atoms with van der Waals surface area (Å²) >= 11 is 0. The zero-order valence-electron chi connectivity index (χ0n) is 14.1. The fourth-order valence-electron chi connectivity index (χ4n) is 2.76. The fraction of sp³-hybridized carbons (Fsp3) is 0.526. The third kappa shape index (κ3) is 4.44. The summed E-state index contributed by atoms with van der Waals surface area (Å²) in [6.45, 7) is 6.67. The minimum Gasteiger partial charge on any atom is -0.456 e. The van der Waals surface area contributed by atoms with Gasteiger partial charge in [-0.25, -0.2) is 0 Å². The number of nitrogens with zero attached hydrogens (tertiary/aromatic N) is 1. The third-order valence-corrected chi connectivity index (χ3v) is 4.44. The molecule has 130 valence electrons. The summed E-state index contributed by atoms with van der Waals surface area (Å²) in [6, 6.07) is 10.0. The Balaban J connectivity index is 1.65. The van der Waals surface area contributed by atoms with Crippen molar-refractivity contribution in [2.24, 2.45) is 5.41 Å². The first-order valence-electron chi connectivity index (χ1n) is 8.48. The van der Waals surface area contributed by atoms with Crippen LogP contribution in [0.1, 0.15) is 12.5 Å². The zero-order chi connectivity index (χ0) is 16.8. The average molecular weight is 331 g/mol. The van der Waals surface area contributed by atoms with Gasteiger partial charge in [0.05, 0.1) is 26.4 Å². The lowest BCUT2D eigenvalue weighted by molar-refractivity contribution is -0.186. The summed E-state index contributed by atoms with van der Waals surface area (Å²) in [7, 11) is 0. The van der Waals surface area contributed by atoms with Gasteiger partial charge in [0, 0.05) is 19.6 Å². The first-order valence-corrected chi connectivity index (χ1v) is 8.48. The molecule has 2 aliphatic rings. The SMILES string of the molecule is CC1(C(=O)OC(/C=C/c2ccccc2)CN2CCOCC2)COC1. The minimum absolute atomic E-state index is 0.176. The van der Waals surface area contributed by atoms with Gasteiger partial charge in [-0.15, -0.1) is 0 Å². The van der Waals surface area contributed by atoms with E-state index in [9.17, 15) is 4.79 Å². The highest BCUT2D eigenvalue weighted by Gasteiger charge is 2.43. The molecule has 2 aliphatic heterocycles. The predicted molar refractivity (Wildman–Crippen MR) is 91.5 cm³/mol. The number of benzene rings is 1. The fourth-order valence-corrected chi connectivity index (χ4v) is 2.76. The number of carbonyl (C=O) groups is 1. The van der Waals surface area contributed by atoms with Crippen molar-refractivity contribution in [3.63, 3.8) is 0 Å². The molecule has 1 unspecified atom stereocenters. The normalized spacial score (nSPS) is 22.0. The van der Waals surface area contributed by atoms with Gasteiger partial charge in [0.1, 0.15) is 11.5 Å². The zero-order valence-corrected chi connectivity index (χ0v) is 14.1. The quantitative estimate of drug-likeness (QED) is 0.746. The van der Waals surface area contributed by atoms with Crippen LogP contribution >= 0.6 is 0 Å². The van der Waals surface area contributed by atoms with Gasteiger partial charge in [0.25, 0.3) is 0 Å². The van der Waals surface area contributed by atoms with Gasteiger partial charge in [0.2, 0.25) is 0 Å². The second-order valence-electron chi connectivity index (χ2n) is 6.68. The van der Waals surface area contributed by atoms with Crippen LogP contribution in [-0.4, -0.2) is 63.0 Å². The van der Waals surface area contributed by atoms with E-state index >= 15 is 0 Å². The number of esters is 1. The molecule has 5 nitrogen and oxygen atoms in total. The number of ether oxygens (including phenoxy) is 3. The highest BCUT2D eigenvalue weighted by atomic mass is 16.6. The molecule has 0 spiro atoms. The number of morpholine rings is 1. The molecule has 0 bridgehead atoms. The van der Waals surface area contributed by atoms with Gasteiger partial charge in [-0.1, -0.05) is 36.4 Å². The molecule has 1 aromatic carbocycles. The largest absolute Gasteiger partial charge is 0.456 e. The van der Waals surface area contributed by atoms with Crippen LogP contribution in [0.25, 0.3) is 6.08 Å². The predicted octanol–water partition coefficient (Wildman–Crippen LogP) is 1.98. The maximum Gasteiger partial charge on any atom is 0.317 e. The van der Waals surface area contributed by atoms with Gasteiger partial charge in [0.15, 0.2) is 0 Å². The van der Waals surface area contributed by atoms with Crippen LogP contribution in [0.15, 0.2) is 36.4 Å². The van der Waals surface area contributed by atoms with E-state index in [0.29, 0.717) is 19.8 Å². The molecule has 0 aromatic heterocycles. The van der Waals surface area contributed by atoms with Gasteiger partial charge in [-0.3, -0.25) is 9.69 Å². The van der Waals surface area contributed by atoms with E-state index < -0.39 is 5.41 Å². The monoisotopic (exact) mass is 331 g/mol. The Bertz CT molecular complexity index is 562. The summed E-state index contributed by atoms with van der Waals surface area (Å²) < 4.78 is 16.4. The molecular weight excluding hydrogens is 306 g/mol. The standard InChI is InChI=1S/C19H25NO4/c1-19(14-23-15-19)18(21)24-17(13-20-9-11-22-12-10-20)8-7-16-5-3-2-4-6-16/h2-8,17H,9-15H2,1H3/b8-7+. The van der Waals surface area contributed by atoms with Crippen molar-refractivity contribution < 1.29 is 19.0 Å². The summed E-state index contributed by atoms with van der Waals surface area (Å²) in [4.78, 5) is 14.7. The number of hydrogen-bond donors (Lipinski definition) is 0. The second-order valence-corrected chi connectivity index (χ2v) is 6.68. The highest BCUT2D eigenvalue weighted by Crippen LogP contribution is 2.28. The topological polar surface area (TPSA) is 48.0 Å². The summed E-state index contributed by atoms with van der Waals surface area (Å²) in [5, 5.41) is 0. The molecule has 2 saturated heterocycles. The molecule has 0 saturated carbocycles. The minimum atomic E-state index is -0.496. The van der Waals surface area contributed by atoms with Crippen molar-refractivity contribution in [3.05, 3.63) is 42.0 Å². The molecule has 0 amide bonds. The number of carbonyl (C=O) groups excluding carboxylic acids is 1. The van der Waals surface area contributed by atoms with Crippen LogP contribution < -0.4 is 0 Å². The summed E-state index contributed by atoms with van der Waals surface area (Å²) in [5.74, 6) is -0.176. The van der Waals surface area contributed by atoms with E-state index in [0.717, 1.165) is 31.9 Å². The number of hydrogen-bond acceptors (Lipinski definition) is 5. The molecule has 2 heterocycles. The molecule has 0 aliphatic carbocycles. The van der Waals surface area contributed by atoms with Crippen LogP contribution in [0.5, 0.6) is 0 Å². The summed E-state index contributed by atoms with van der Waals surface area (Å²) in [5.41, 5.74) is 0.600. The van der Waals surface area contributed by atoms with Crippen LogP contribution in [0, 0.1) is 5.41 Å². The van der Waals surface area contributed by atoms with E-state index in [1.165, 1.54) is 0 Å². The molecule has 0 N–H and O–H groups in total. The highest BCUT2D eigenvalue weighted by molar-refractivity contribution is 5.78. The van der Waals surface area contributed by atoms with E-state index in [-0.39, 0.29) is 12.1 Å². The molecule has 5 heteroatoms. The van der Waals surface area contributed by atoms with Crippen LogP contribution in [0.2, 0.25) is 0 Å². The maximum atomic E-state index is 12.4. The Hall–Kier alpha value is -1.69. The first kappa shape index (κ1) is 17.1. The van der Waals surface area contributed by atoms with Crippen molar-refractivity contribution in [3.8, 4) is 0 Å². The Morgan fingerprint density at radius 1 is 1.25 bits per heavy atom. The van der Waals surface area contributed by atoms with Crippen LogP contribution in [0.4, 0.5) is 0 Å². The molecule has 1 atom stereocenters. The molecule has 0 radical (unpaired) electrons. The van der Waals surface area contributed by atoms with Crippen molar-refractivity contribution in [2.45, 2.75) is 13.0 Å². The Kier molecular flexibility index (Phi) is 5.66. The van der Waals surface area contributed by atoms with Gasteiger partial charge in [-0.2, -0.15) is 0 Å². The van der Waals surface area contributed by atoms with Gasteiger partial charge >= 0.3 is 5.97 Å². The Labute approximate surface area is 143 Å². The lowest BCUT2D eigenvalue weighted by atomic mass is 9.89. The Morgan fingerprint density at radius 3 is 2.58 bits per heavy atom. The van der Waals surface area contributed by atoms with Crippen molar-refractivity contribution >= 4 is 12.0 Å². The van der Waals surface area contributed by atoms with Crippen molar-refractivity contribution in [1.82, 2.24) is 4.90 Å². The van der Waals surface area contributed by atoms with Crippen LogP contribution in [-0.2, 0) is 19.0 Å². The van der Waals surface area contributed by atoms with E-state index in [1.807, 2.05) is 49.4 Å². The number of rotatable bonds is 6. The van der Waals surface area contributed by atoms with E-state index in [2.05, 4.69) is 4.90 Å². The molecule has 1 aromatic rings. The maximum absolute atomic E-state index is 12.4. The van der Waals surface area contributed by atoms with E-state index in [1.54, 1.807) is 0 Å². The first-order chi connectivity index (χ1) is 11.7. The molecular formula is C19H25NO4. The van der Waals surface area contributed by atoms with Crippen molar-refractivity contribution in [2.75, 3.05) is 46.1 Å².